The number of hydrogen-bond donors (Lipinski definition) is 0. The molecule has 0 atom stereocenters. The third-order valence-corrected chi connectivity index (χ3v) is 4.75. The Morgan fingerprint density at radius 2 is 1.67 bits per heavy atom. The van der Waals surface area contributed by atoms with Crippen molar-refractivity contribution >= 4 is 33.5 Å². The van der Waals surface area contributed by atoms with Crippen LogP contribution in [-0.4, -0.2) is 22.1 Å². The molecular formula is C16H14N4O4. The minimum Gasteiger partial charge on any atom is -0.258 e. The minimum absolute atomic E-state index is 0.0240. The normalized spacial score (nSPS) is 14.9. The van der Waals surface area contributed by atoms with Gasteiger partial charge < -0.3 is 0 Å². The number of nitro groups is 2. The van der Waals surface area contributed by atoms with Crippen LogP contribution in [0.1, 0.15) is 30.5 Å². The highest BCUT2D eigenvalue weighted by Crippen LogP contribution is 2.48. The second kappa shape index (κ2) is 4.73. The third kappa shape index (κ3) is 1.70. The van der Waals surface area contributed by atoms with E-state index >= 15 is 0 Å². The van der Waals surface area contributed by atoms with Crippen molar-refractivity contribution in [1.82, 2.24) is 0 Å². The fraction of sp³-hybridized carbons (Fsp3) is 0.312. The molecule has 0 amide bonds. The molecule has 1 aliphatic carbocycles. The topological polar surface area (TPSA) is 102 Å². The molecular weight excluding hydrogens is 312 g/mol. The number of nitrogens with zero attached hydrogens (tertiary/aromatic N) is 4. The van der Waals surface area contributed by atoms with Crippen LogP contribution in [0.5, 0.6) is 0 Å². The van der Waals surface area contributed by atoms with Crippen molar-refractivity contribution in [1.29, 1.82) is 0 Å². The lowest BCUT2D eigenvalue weighted by atomic mass is 9.92. The maximum atomic E-state index is 11.6. The summed E-state index contributed by atoms with van der Waals surface area (Å²) in [7, 11) is 0. The molecule has 8 nitrogen and oxygen atoms in total. The standard InChI is InChI=1S/C16H14N4O4/c1-3-18-16-12(20(23)24)7-10-5-4-9-6-11(19(21)22)13(8(2)17-18)15(16)14(9)10/h6-7H,3-5H2,1-2H3. The summed E-state index contributed by atoms with van der Waals surface area (Å²) in [4.78, 5) is 22.3. The second-order valence-electron chi connectivity index (χ2n) is 6.00. The van der Waals surface area contributed by atoms with Crippen LogP contribution in [0.15, 0.2) is 17.2 Å². The van der Waals surface area contributed by atoms with Crippen LogP contribution in [-0.2, 0) is 12.8 Å². The molecule has 0 fully saturated rings. The first kappa shape index (κ1) is 14.6. The maximum absolute atomic E-state index is 11.6. The Bertz CT molecular complexity index is 970. The molecule has 0 unspecified atom stereocenters. The van der Waals surface area contributed by atoms with E-state index in [0.717, 1.165) is 16.5 Å². The average molecular weight is 326 g/mol. The molecule has 2 aliphatic rings. The molecule has 0 bridgehead atoms. The van der Waals surface area contributed by atoms with Crippen LogP contribution >= 0.6 is 0 Å². The van der Waals surface area contributed by atoms with E-state index in [0.29, 0.717) is 41.7 Å². The van der Waals surface area contributed by atoms with Crippen molar-refractivity contribution in [2.24, 2.45) is 5.10 Å². The summed E-state index contributed by atoms with van der Waals surface area (Å²) < 4.78 is 0. The average Bonchev–Trinajstić information content (AvgIpc) is 2.96. The molecule has 0 spiro atoms. The van der Waals surface area contributed by atoms with Gasteiger partial charge in [-0.25, -0.2) is 0 Å². The summed E-state index contributed by atoms with van der Waals surface area (Å²) in [5.41, 5.74) is 3.00. The molecule has 0 N–H and O–H groups in total. The number of rotatable bonds is 3. The second-order valence-corrected chi connectivity index (χ2v) is 6.00. The lowest BCUT2D eigenvalue weighted by Gasteiger charge is -2.26. The zero-order chi connectivity index (χ0) is 17.2. The molecule has 8 heteroatoms. The van der Waals surface area contributed by atoms with Crippen molar-refractivity contribution in [3.63, 3.8) is 0 Å². The highest BCUT2D eigenvalue weighted by molar-refractivity contribution is 6.21. The summed E-state index contributed by atoms with van der Waals surface area (Å²) >= 11 is 0. The Kier molecular flexibility index (Phi) is 2.87. The SMILES string of the molecule is CCN1N=C(C)c2c([N+](=O)[O-])cc3c4c(cc([N+](=O)[O-])c1c24)CC3. The molecule has 4 rings (SSSR count). The van der Waals surface area contributed by atoms with Gasteiger partial charge in [0.25, 0.3) is 11.4 Å². The van der Waals surface area contributed by atoms with E-state index in [1.165, 1.54) is 0 Å². The number of nitro benzene ring substituents is 2. The van der Waals surface area contributed by atoms with E-state index in [2.05, 4.69) is 5.10 Å². The number of hydrogen-bond acceptors (Lipinski definition) is 6. The van der Waals surface area contributed by atoms with Crippen LogP contribution in [0.2, 0.25) is 0 Å². The van der Waals surface area contributed by atoms with Gasteiger partial charge in [0.05, 0.1) is 21.1 Å². The summed E-state index contributed by atoms with van der Waals surface area (Å²) in [6.07, 6.45) is 1.33. The Morgan fingerprint density at radius 3 is 2.21 bits per heavy atom. The molecule has 0 saturated heterocycles. The van der Waals surface area contributed by atoms with Crippen LogP contribution in [0.4, 0.5) is 17.1 Å². The Balaban J connectivity index is 2.28. The predicted molar refractivity (Wildman–Crippen MR) is 89.9 cm³/mol. The minimum atomic E-state index is -0.426. The van der Waals surface area contributed by atoms with Crippen LogP contribution < -0.4 is 5.01 Å². The summed E-state index contributed by atoms with van der Waals surface area (Å²) in [5.74, 6) is 0. The van der Waals surface area contributed by atoms with Crippen molar-refractivity contribution in [3.8, 4) is 0 Å². The molecule has 1 aliphatic heterocycles. The Morgan fingerprint density at radius 1 is 1.08 bits per heavy atom. The molecule has 0 saturated carbocycles. The first-order valence-electron chi connectivity index (χ1n) is 7.71. The van der Waals surface area contributed by atoms with Crippen LogP contribution in [0, 0.1) is 20.2 Å². The van der Waals surface area contributed by atoms with E-state index in [1.54, 1.807) is 24.1 Å². The number of aryl methyl sites for hydroxylation is 2. The molecule has 1 heterocycles. The van der Waals surface area contributed by atoms with E-state index in [-0.39, 0.29) is 11.4 Å². The zero-order valence-electron chi connectivity index (χ0n) is 13.2. The Hall–Kier alpha value is -3.03. The lowest BCUT2D eigenvalue weighted by molar-refractivity contribution is -0.385. The maximum Gasteiger partial charge on any atom is 0.295 e. The summed E-state index contributed by atoms with van der Waals surface area (Å²) in [6.45, 7) is 4.01. The molecule has 2 aromatic carbocycles. The van der Waals surface area contributed by atoms with Crippen LogP contribution in [0.3, 0.4) is 0 Å². The molecule has 24 heavy (non-hydrogen) atoms. The van der Waals surface area contributed by atoms with Crippen molar-refractivity contribution in [3.05, 3.63) is 49.1 Å². The summed E-state index contributed by atoms with van der Waals surface area (Å²) in [6, 6.07) is 3.20. The van der Waals surface area contributed by atoms with Crippen LogP contribution in [0.25, 0.3) is 10.8 Å². The highest BCUT2D eigenvalue weighted by Gasteiger charge is 2.36. The van der Waals surface area contributed by atoms with Gasteiger partial charge >= 0.3 is 0 Å². The van der Waals surface area contributed by atoms with Gasteiger partial charge in [-0.05, 0) is 43.2 Å². The van der Waals surface area contributed by atoms with Crippen molar-refractivity contribution in [2.75, 3.05) is 11.6 Å². The third-order valence-electron chi connectivity index (χ3n) is 4.75. The largest absolute Gasteiger partial charge is 0.295 e. The predicted octanol–water partition coefficient (Wildman–Crippen LogP) is 3.32. The Labute approximate surface area is 136 Å². The monoisotopic (exact) mass is 326 g/mol. The van der Waals surface area contributed by atoms with E-state index in [1.807, 2.05) is 6.92 Å². The van der Waals surface area contributed by atoms with Gasteiger partial charge in [-0.2, -0.15) is 5.10 Å². The van der Waals surface area contributed by atoms with Gasteiger partial charge in [-0.3, -0.25) is 25.2 Å². The molecule has 0 aromatic heterocycles. The highest BCUT2D eigenvalue weighted by atomic mass is 16.6. The fourth-order valence-corrected chi connectivity index (χ4v) is 3.84. The van der Waals surface area contributed by atoms with Gasteiger partial charge in [0, 0.05) is 24.1 Å². The van der Waals surface area contributed by atoms with Gasteiger partial charge in [-0.1, -0.05) is 0 Å². The molecule has 0 radical (unpaired) electrons. The van der Waals surface area contributed by atoms with E-state index < -0.39 is 9.85 Å². The van der Waals surface area contributed by atoms with Gasteiger partial charge in [-0.15, -0.1) is 0 Å². The number of anilines is 1. The lowest BCUT2D eigenvalue weighted by Crippen LogP contribution is -2.24. The van der Waals surface area contributed by atoms with Gasteiger partial charge in [0.1, 0.15) is 5.69 Å². The first-order chi connectivity index (χ1) is 11.4. The van der Waals surface area contributed by atoms with Crippen molar-refractivity contribution in [2.45, 2.75) is 26.7 Å². The quantitative estimate of drug-likeness (QED) is 0.636. The van der Waals surface area contributed by atoms with E-state index in [9.17, 15) is 20.2 Å². The summed E-state index contributed by atoms with van der Waals surface area (Å²) in [5, 5.41) is 30.6. The smallest absolute Gasteiger partial charge is 0.258 e. The van der Waals surface area contributed by atoms with E-state index in [4.69, 9.17) is 0 Å². The number of benzene rings is 2. The molecule has 122 valence electrons. The van der Waals surface area contributed by atoms with Gasteiger partial charge in [0.2, 0.25) is 0 Å². The first-order valence-corrected chi connectivity index (χ1v) is 7.71. The van der Waals surface area contributed by atoms with Crippen molar-refractivity contribution < 1.29 is 9.85 Å². The molecule has 2 aromatic rings. The number of hydrazone groups is 1. The van der Waals surface area contributed by atoms with Gasteiger partial charge in [0.15, 0.2) is 0 Å². The zero-order valence-corrected chi connectivity index (χ0v) is 13.2. The fourth-order valence-electron chi connectivity index (χ4n) is 3.84.